The molecule has 0 saturated carbocycles. The first-order valence-electron chi connectivity index (χ1n) is 8.71. The van der Waals surface area contributed by atoms with E-state index in [1.807, 2.05) is 6.26 Å². The molecule has 0 bridgehead atoms. The first-order chi connectivity index (χ1) is 12.5. The molecule has 2 aromatic rings. The summed E-state index contributed by atoms with van der Waals surface area (Å²) in [7, 11) is 0. The molecule has 0 atom stereocenters. The van der Waals surface area contributed by atoms with Crippen LogP contribution >= 0.6 is 24.0 Å². The van der Waals surface area contributed by atoms with Crippen molar-refractivity contribution >= 4 is 29.1 Å². The van der Waals surface area contributed by atoms with Crippen molar-refractivity contribution in [3.63, 3.8) is 0 Å². The number of hydrogen-bond donors (Lipinski definition) is 2. The molecule has 0 aliphatic carbocycles. The molecule has 0 spiro atoms. The average Bonchev–Trinajstić information content (AvgIpc) is 2.99. The Bertz CT molecular complexity index is 700. The van der Waals surface area contributed by atoms with Gasteiger partial charge >= 0.3 is 0 Å². The average molecular weight is 396 g/mol. The fourth-order valence-electron chi connectivity index (χ4n) is 2.50. The summed E-state index contributed by atoms with van der Waals surface area (Å²) in [5.74, 6) is 1.34. The topological polar surface area (TPSA) is 54.8 Å². The first kappa shape index (κ1) is 20.6. The zero-order chi connectivity index (χ0) is 18.9. The fourth-order valence-corrected chi connectivity index (χ4v) is 3.20. The minimum Gasteiger partial charge on any atom is -0.363 e. The van der Waals surface area contributed by atoms with Gasteiger partial charge in [-0.3, -0.25) is 0 Å². The van der Waals surface area contributed by atoms with E-state index in [-0.39, 0.29) is 5.82 Å². The van der Waals surface area contributed by atoms with E-state index in [4.69, 9.17) is 12.2 Å². The van der Waals surface area contributed by atoms with Crippen LogP contribution in [-0.4, -0.2) is 32.7 Å². The Morgan fingerprint density at radius 2 is 1.96 bits per heavy atom. The normalized spacial score (nSPS) is 11.0. The lowest BCUT2D eigenvalue weighted by molar-refractivity contribution is 0.477. The Hall–Kier alpha value is -1.67. The van der Waals surface area contributed by atoms with Gasteiger partial charge in [0.1, 0.15) is 11.6 Å². The van der Waals surface area contributed by atoms with Gasteiger partial charge in [0.05, 0.1) is 0 Å². The van der Waals surface area contributed by atoms with Crippen molar-refractivity contribution in [3.8, 4) is 0 Å². The molecule has 2 N–H and O–H groups in total. The summed E-state index contributed by atoms with van der Waals surface area (Å²) >= 11 is 6.91. The van der Waals surface area contributed by atoms with Gasteiger partial charge in [0.2, 0.25) is 0 Å². The summed E-state index contributed by atoms with van der Waals surface area (Å²) in [6.07, 6.45) is 3.80. The molecule has 1 aromatic carbocycles. The first-order valence-corrected chi connectivity index (χ1v) is 10.3. The van der Waals surface area contributed by atoms with Gasteiger partial charge in [-0.1, -0.05) is 37.7 Å². The zero-order valence-electron chi connectivity index (χ0n) is 15.5. The molecule has 0 aliphatic rings. The van der Waals surface area contributed by atoms with E-state index in [1.165, 1.54) is 12.1 Å². The standard InChI is InChI=1S/C18H26FN5S2/c1-13(2)12-24-16(22-23-18(24)26-3)5-4-10-20-17(25)21-11-14-6-8-15(19)9-7-14/h6-9,13H,4-5,10-12H2,1-3H3,(H2,20,21,25). The van der Waals surface area contributed by atoms with E-state index < -0.39 is 0 Å². The van der Waals surface area contributed by atoms with Crippen molar-refractivity contribution in [1.82, 2.24) is 25.4 Å². The Morgan fingerprint density at radius 3 is 2.62 bits per heavy atom. The second-order valence-electron chi connectivity index (χ2n) is 6.45. The molecular weight excluding hydrogens is 369 g/mol. The minimum absolute atomic E-state index is 0.232. The number of halogens is 1. The monoisotopic (exact) mass is 395 g/mol. The number of hydrogen-bond acceptors (Lipinski definition) is 4. The fraction of sp³-hybridized carbons (Fsp3) is 0.500. The SMILES string of the molecule is CSc1nnc(CCCNC(=S)NCc2ccc(F)cc2)n1CC(C)C. The number of aryl methyl sites for hydroxylation is 1. The van der Waals surface area contributed by atoms with Crippen LogP contribution in [0.1, 0.15) is 31.7 Å². The minimum atomic E-state index is -0.232. The predicted octanol–water partition coefficient (Wildman–Crippen LogP) is 3.39. The van der Waals surface area contributed by atoms with Crippen LogP contribution in [0.2, 0.25) is 0 Å². The quantitative estimate of drug-likeness (QED) is 0.386. The highest BCUT2D eigenvalue weighted by molar-refractivity contribution is 7.98. The van der Waals surface area contributed by atoms with E-state index >= 15 is 0 Å². The van der Waals surface area contributed by atoms with E-state index in [0.29, 0.717) is 17.6 Å². The highest BCUT2D eigenvalue weighted by Crippen LogP contribution is 2.16. The molecule has 142 valence electrons. The number of nitrogens with one attached hydrogen (secondary N) is 2. The molecule has 0 amide bonds. The Morgan fingerprint density at radius 1 is 1.23 bits per heavy atom. The lowest BCUT2D eigenvalue weighted by Crippen LogP contribution is -2.35. The summed E-state index contributed by atoms with van der Waals surface area (Å²) in [6, 6.07) is 6.39. The third-order valence-electron chi connectivity index (χ3n) is 3.75. The van der Waals surface area contributed by atoms with Gasteiger partial charge in [-0.2, -0.15) is 0 Å². The van der Waals surface area contributed by atoms with Crippen LogP contribution in [0.3, 0.4) is 0 Å². The Labute approximate surface area is 164 Å². The van der Waals surface area contributed by atoms with E-state index in [1.54, 1.807) is 23.9 Å². The van der Waals surface area contributed by atoms with Gasteiger partial charge in [0, 0.05) is 26.1 Å². The maximum absolute atomic E-state index is 12.9. The highest BCUT2D eigenvalue weighted by Gasteiger charge is 2.12. The highest BCUT2D eigenvalue weighted by atomic mass is 32.2. The molecule has 26 heavy (non-hydrogen) atoms. The van der Waals surface area contributed by atoms with Crippen LogP contribution in [0.15, 0.2) is 29.4 Å². The largest absolute Gasteiger partial charge is 0.363 e. The summed E-state index contributed by atoms with van der Waals surface area (Å²) in [6.45, 7) is 6.66. The molecule has 8 heteroatoms. The number of thioether (sulfide) groups is 1. The molecule has 0 aliphatic heterocycles. The molecule has 0 fully saturated rings. The van der Waals surface area contributed by atoms with Crippen molar-refractivity contribution in [2.75, 3.05) is 12.8 Å². The second-order valence-corrected chi connectivity index (χ2v) is 7.63. The number of thiocarbonyl (C=S) groups is 1. The van der Waals surface area contributed by atoms with Crippen LogP contribution in [-0.2, 0) is 19.5 Å². The number of rotatable bonds is 9. The molecule has 0 radical (unpaired) electrons. The summed E-state index contributed by atoms with van der Waals surface area (Å²) in [5, 5.41) is 16.5. The molecule has 0 unspecified atom stereocenters. The summed E-state index contributed by atoms with van der Waals surface area (Å²) < 4.78 is 15.1. The molecule has 5 nitrogen and oxygen atoms in total. The summed E-state index contributed by atoms with van der Waals surface area (Å²) in [4.78, 5) is 0. The van der Waals surface area contributed by atoms with Gasteiger partial charge in [-0.25, -0.2) is 4.39 Å². The smallest absolute Gasteiger partial charge is 0.190 e. The number of aromatic nitrogens is 3. The van der Waals surface area contributed by atoms with Crippen molar-refractivity contribution in [1.29, 1.82) is 0 Å². The molecule has 2 rings (SSSR count). The van der Waals surface area contributed by atoms with Gasteiger partial charge in [0.15, 0.2) is 10.3 Å². The van der Waals surface area contributed by atoms with Gasteiger partial charge in [0.25, 0.3) is 0 Å². The third kappa shape index (κ3) is 6.57. The molecule has 1 aromatic heterocycles. The molecule has 0 saturated heterocycles. The van der Waals surface area contributed by atoms with Crippen molar-refractivity contribution in [2.24, 2.45) is 5.92 Å². The number of nitrogens with zero attached hydrogens (tertiary/aromatic N) is 3. The van der Waals surface area contributed by atoms with Crippen LogP contribution in [0.4, 0.5) is 4.39 Å². The predicted molar refractivity (Wildman–Crippen MR) is 109 cm³/mol. The Kier molecular flexibility index (Phi) is 8.31. The van der Waals surface area contributed by atoms with Crippen molar-refractivity contribution < 1.29 is 4.39 Å². The van der Waals surface area contributed by atoms with Crippen LogP contribution < -0.4 is 10.6 Å². The van der Waals surface area contributed by atoms with E-state index in [2.05, 4.69) is 39.2 Å². The third-order valence-corrected chi connectivity index (χ3v) is 4.71. The van der Waals surface area contributed by atoms with Gasteiger partial charge < -0.3 is 15.2 Å². The summed E-state index contributed by atoms with van der Waals surface area (Å²) in [5.41, 5.74) is 0.988. The lowest BCUT2D eigenvalue weighted by atomic mass is 10.2. The van der Waals surface area contributed by atoms with Gasteiger partial charge in [-0.05, 0) is 48.5 Å². The van der Waals surface area contributed by atoms with Crippen LogP contribution in [0.5, 0.6) is 0 Å². The van der Waals surface area contributed by atoms with Crippen molar-refractivity contribution in [3.05, 3.63) is 41.5 Å². The van der Waals surface area contributed by atoms with E-state index in [0.717, 1.165) is 42.5 Å². The zero-order valence-corrected chi connectivity index (χ0v) is 17.1. The molecular formula is C18H26FN5S2. The maximum atomic E-state index is 12.9. The van der Waals surface area contributed by atoms with Crippen LogP contribution in [0, 0.1) is 11.7 Å². The second kappa shape index (κ2) is 10.5. The maximum Gasteiger partial charge on any atom is 0.190 e. The van der Waals surface area contributed by atoms with Crippen molar-refractivity contribution in [2.45, 2.75) is 44.9 Å². The lowest BCUT2D eigenvalue weighted by Gasteiger charge is -2.12. The van der Waals surface area contributed by atoms with E-state index in [9.17, 15) is 4.39 Å². The van der Waals surface area contributed by atoms with Crippen LogP contribution in [0.25, 0.3) is 0 Å². The van der Waals surface area contributed by atoms with Gasteiger partial charge in [-0.15, -0.1) is 10.2 Å². The number of benzene rings is 1. The molecule has 1 heterocycles. The Balaban J connectivity index is 1.72.